The van der Waals surface area contributed by atoms with Crippen LogP contribution in [0.1, 0.15) is 39.2 Å². The van der Waals surface area contributed by atoms with Crippen molar-refractivity contribution in [2.24, 2.45) is 0 Å². The van der Waals surface area contributed by atoms with E-state index in [4.69, 9.17) is 4.74 Å². The Morgan fingerprint density at radius 3 is 2.65 bits per heavy atom. The summed E-state index contributed by atoms with van der Waals surface area (Å²) in [5.74, 6) is -0.317. The molecule has 1 amide bonds. The van der Waals surface area contributed by atoms with Crippen LogP contribution in [-0.2, 0) is 11.3 Å². The van der Waals surface area contributed by atoms with Crippen LogP contribution in [0.2, 0.25) is 0 Å². The molecule has 0 unspecified atom stereocenters. The molecule has 2 rings (SSSR count). The summed E-state index contributed by atoms with van der Waals surface area (Å²) in [5.41, 5.74) is 0.228. The molecule has 0 heterocycles. The number of rotatable bonds is 3. The van der Waals surface area contributed by atoms with Gasteiger partial charge in [-0.05, 0) is 61.2 Å². The van der Waals surface area contributed by atoms with E-state index in [0.717, 1.165) is 18.4 Å². The lowest BCUT2D eigenvalue weighted by atomic mass is 10.2. The Bertz CT molecular complexity index is 509. The van der Waals surface area contributed by atoms with Gasteiger partial charge in [-0.15, -0.1) is 0 Å². The predicted molar refractivity (Wildman–Crippen MR) is 78.9 cm³/mol. The Morgan fingerprint density at radius 2 is 2.10 bits per heavy atom. The quantitative estimate of drug-likeness (QED) is 0.809. The monoisotopic (exact) mass is 343 g/mol. The van der Waals surface area contributed by atoms with Gasteiger partial charge in [0.1, 0.15) is 11.4 Å². The van der Waals surface area contributed by atoms with Crippen LogP contribution in [0.15, 0.2) is 22.7 Å². The number of nitrogens with zero attached hydrogens (tertiary/aromatic N) is 1. The summed E-state index contributed by atoms with van der Waals surface area (Å²) in [7, 11) is 0. The molecule has 0 spiro atoms. The number of benzene rings is 1. The third-order valence-corrected chi connectivity index (χ3v) is 3.88. The number of hydrogen-bond acceptors (Lipinski definition) is 2. The molecule has 0 atom stereocenters. The molecular formula is C15H19BrFNO2. The zero-order valence-electron chi connectivity index (χ0n) is 12.0. The van der Waals surface area contributed by atoms with Crippen molar-refractivity contribution in [3.8, 4) is 0 Å². The zero-order valence-corrected chi connectivity index (χ0v) is 13.5. The van der Waals surface area contributed by atoms with Gasteiger partial charge in [0.25, 0.3) is 0 Å². The first-order valence-corrected chi connectivity index (χ1v) is 7.50. The van der Waals surface area contributed by atoms with E-state index in [1.807, 2.05) is 26.8 Å². The SMILES string of the molecule is CC(C)(C)OC(=O)N(Cc1cccc(F)c1Br)C1CC1. The Kier molecular flexibility index (Phi) is 4.37. The topological polar surface area (TPSA) is 29.5 Å². The van der Waals surface area contributed by atoms with Gasteiger partial charge in [-0.3, -0.25) is 0 Å². The highest BCUT2D eigenvalue weighted by Crippen LogP contribution is 2.31. The van der Waals surface area contributed by atoms with Gasteiger partial charge in [0.05, 0.1) is 11.0 Å². The lowest BCUT2D eigenvalue weighted by Crippen LogP contribution is -2.37. The van der Waals surface area contributed by atoms with Crippen molar-refractivity contribution in [1.29, 1.82) is 0 Å². The molecule has 5 heteroatoms. The minimum atomic E-state index is -0.524. The van der Waals surface area contributed by atoms with Crippen LogP contribution in [0.4, 0.5) is 9.18 Å². The third kappa shape index (κ3) is 3.95. The van der Waals surface area contributed by atoms with Crippen LogP contribution in [0.3, 0.4) is 0 Å². The molecule has 1 saturated carbocycles. The standard InChI is InChI=1S/C15H19BrFNO2/c1-15(2,3)20-14(19)18(11-7-8-11)9-10-5-4-6-12(17)13(10)16/h4-6,11H,7-9H2,1-3H3. The largest absolute Gasteiger partial charge is 0.444 e. The fourth-order valence-electron chi connectivity index (χ4n) is 1.90. The van der Waals surface area contributed by atoms with E-state index in [1.165, 1.54) is 6.07 Å². The first kappa shape index (κ1) is 15.3. The van der Waals surface area contributed by atoms with E-state index in [9.17, 15) is 9.18 Å². The minimum Gasteiger partial charge on any atom is -0.444 e. The van der Waals surface area contributed by atoms with Gasteiger partial charge in [-0.2, -0.15) is 0 Å². The Morgan fingerprint density at radius 1 is 1.45 bits per heavy atom. The maximum absolute atomic E-state index is 13.5. The van der Waals surface area contributed by atoms with Gasteiger partial charge in [0.15, 0.2) is 0 Å². The van der Waals surface area contributed by atoms with Crippen LogP contribution in [0.5, 0.6) is 0 Å². The van der Waals surface area contributed by atoms with E-state index in [-0.39, 0.29) is 18.0 Å². The van der Waals surface area contributed by atoms with Crippen molar-refractivity contribution >= 4 is 22.0 Å². The number of ether oxygens (including phenoxy) is 1. The summed E-state index contributed by atoms with van der Waals surface area (Å²) in [6.07, 6.45) is 1.62. The fourth-order valence-corrected chi connectivity index (χ4v) is 2.29. The molecule has 3 nitrogen and oxygen atoms in total. The minimum absolute atomic E-state index is 0.208. The average molecular weight is 344 g/mol. The second kappa shape index (κ2) is 5.72. The maximum Gasteiger partial charge on any atom is 0.410 e. The highest BCUT2D eigenvalue weighted by Gasteiger charge is 2.35. The molecule has 1 fully saturated rings. The molecule has 1 aromatic carbocycles. The summed E-state index contributed by atoms with van der Waals surface area (Å²) in [6, 6.07) is 5.06. The molecule has 1 aromatic rings. The second-order valence-corrected chi connectivity index (χ2v) is 6.85. The van der Waals surface area contributed by atoms with E-state index < -0.39 is 5.60 Å². The van der Waals surface area contributed by atoms with Crippen LogP contribution in [0, 0.1) is 5.82 Å². The number of carbonyl (C=O) groups is 1. The van der Waals surface area contributed by atoms with Gasteiger partial charge < -0.3 is 9.64 Å². The van der Waals surface area contributed by atoms with Crippen molar-refractivity contribution in [1.82, 2.24) is 4.90 Å². The molecule has 20 heavy (non-hydrogen) atoms. The number of halogens is 2. The Balaban J connectivity index is 2.14. The summed E-state index contributed by atoms with van der Waals surface area (Å²) >= 11 is 3.23. The lowest BCUT2D eigenvalue weighted by molar-refractivity contribution is 0.0216. The number of carbonyl (C=O) groups excluding carboxylic acids is 1. The van der Waals surface area contributed by atoms with Crippen molar-refractivity contribution in [2.45, 2.75) is 51.8 Å². The molecule has 0 aliphatic heterocycles. The molecule has 0 saturated heterocycles. The van der Waals surface area contributed by atoms with Crippen LogP contribution >= 0.6 is 15.9 Å². The average Bonchev–Trinajstić information content (AvgIpc) is 3.12. The first-order valence-electron chi connectivity index (χ1n) is 6.70. The van der Waals surface area contributed by atoms with Crippen molar-refractivity contribution in [3.63, 3.8) is 0 Å². The van der Waals surface area contributed by atoms with Gasteiger partial charge in [-0.1, -0.05) is 12.1 Å². The summed E-state index contributed by atoms with van der Waals surface area (Å²) in [4.78, 5) is 13.9. The van der Waals surface area contributed by atoms with Crippen LogP contribution < -0.4 is 0 Å². The first-order chi connectivity index (χ1) is 9.28. The highest BCUT2D eigenvalue weighted by atomic mass is 79.9. The van der Waals surface area contributed by atoms with Crippen molar-refractivity contribution < 1.29 is 13.9 Å². The van der Waals surface area contributed by atoms with Crippen molar-refractivity contribution in [3.05, 3.63) is 34.1 Å². The van der Waals surface area contributed by atoms with Gasteiger partial charge in [0, 0.05) is 6.04 Å². The van der Waals surface area contributed by atoms with Gasteiger partial charge >= 0.3 is 6.09 Å². The van der Waals surface area contributed by atoms with E-state index >= 15 is 0 Å². The summed E-state index contributed by atoms with van der Waals surface area (Å²) in [6.45, 7) is 5.88. The predicted octanol–water partition coefficient (Wildman–Crippen LogP) is 4.49. The molecule has 110 valence electrons. The lowest BCUT2D eigenvalue weighted by Gasteiger charge is -2.27. The molecule has 0 radical (unpaired) electrons. The second-order valence-electron chi connectivity index (χ2n) is 6.05. The third-order valence-electron chi connectivity index (χ3n) is 2.99. The molecule has 0 N–H and O–H groups in total. The summed E-state index contributed by atoms with van der Waals surface area (Å²) in [5, 5.41) is 0. The van der Waals surface area contributed by atoms with Gasteiger partial charge in [-0.25, -0.2) is 9.18 Å². The Labute approximate surface area is 127 Å². The molecule has 0 bridgehead atoms. The van der Waals surface area contributed by atoms with E-state index in [0.29, 0.717) is 11.0 Å². The van der Waals surface area contributed by atoms with E-state index in [1.54, 1.807) is 11.0 Å². The van der Waals surface area contributed by atoms with Crippen LogP contribution in [-0.4, -0.2) is 22.6 Å². The highest BCUT2D eigenvalue weighted by molar-refractivity contribution is 9.10. The van der Waals surface area contributed by atoms with Crippen molar-refractivity contribution in [2.75, 3.05) is 0 Å². The molecule has 0 aromatic heterocycles. The number of hydrogen-bond donors (Lipinski definition) is 0. The van der Waals surface area contributed by atoms with E-state index in [2.05, 4.69) is 15.9 Å². The number of amides is 1. The fraction of sp³-hybridized carbons (Fsp3) is 0.533. The normalized spacial score (nSPS) is 15.1. The molecular weight excluding hydrogens is 325 g/mol. The zero-order chi connectivity index (χ0) is 14.9. The summed E-state index contributed by atoms with van der Waals surface area (Å²) < 4.78 is 19.4. The smallest absolute Gasteiger partial charge is 0.410 e. The maximum atomic E-state index is 13.5. The molecule has 1 aliphatic carbocycles. The van der Waals surface area contributed by atoms with Gasteiger partial charge in [0.2, 0.25) is 0 Å². The Hall–Kier alpha value is -1.10. The molecule has 1 aliphatic rings. The van der Waals surface area contributed by atoms with Crippen LogP contribution in [0.25, 0.3) is 0 Å².